The molecule has 1 aromatic heterocycles. The number of nitrogens with zero attached hydrogens (tertiary/aromatic N) is 3. The van der Waals surface area contributed by atoms with Crippen LogP contribution in [0.2, 0.25) is 0 Å². The van der Waals surface area contributed by atoms with Crippen LogP contribution in [-0.2, 0) is 6.54 Å². The summed E-state index contributed by atoms with van der Waals surface area (Å²) in [4.78, 5) is 4.33. The third-order valence-corrected chi connectivity index (χ3v) is 2.13. The molecule has 104 valence electrons. The van der Waals surface area contributed by atoms with Gasteiger partial charge in [-0.1, -0.05) is 6.92 Å². The van der Waals surface area contributed by atoms with Crippen LogP contribution in [-0.4, -0.2) is 27.8 Å². The fourth-order valence-electron chi connectivity index (χ4n) is 1.46. The van der Waals surface area contributed by atoms with Gasteiger partial charge in [-0.3, -0.25) is 9.67 Å². The molecule has 3 N–H and O–H groups in total. The summed E-state index contributed by atoms with van der Waals surface area (Å²) in [5.74, 6) is 0.917. The van der Waals surface area contributed by atoms with Gasteiger partial charge < -0.3 is 11.1 Å². The predicted molar refractivity (Wildman–Crippen MR) is 86.2 cm³/mol. The number of rotatable bonds is 4. The summed E-state index contributed by atoms with van der Waals surface area (Å²) in [5, 5.41) is 7.30. The molecule has 0 saturated heterocycles. The molecule has 0 amide bonds. The number of aromatic nitrogens is 2. The van der Waals surface area contributed by atoms with Gasteiger partial charge in [0.25, 0.3) is 0 Å². The fourth-order valence-corrected chi connectivity index (χ4v) is 1.46. The van der Waals surface area contributed by atoms with E-state index in [1.54, 1.807) is 6.20 Å². The van der Waals surface area contributed by atoms with Crippen LogP contribution in [0, 0.1) is 5.92 Å². The summed E-state index contributed by atoms with van der Waals surface area (Å²) in [7, 11) is 0. The molecule has 0 bridgehead atoms. The van der Waals surface area contributed by atoms with E-state index in [0.29, 0.717) is 18.4 Å². The summed E-state index contributed by atoms with van der Waals surface area (Å²) in [6.45, 7) is 9.87. The van der Waals surface area contributed by atoms with Crippen LogP contribution in [0.4, 0.5) is 0 Å². The number of guanidine groups is 1. The van der Waals surface area contributed by atoms with E-state index < -0.39 is 0 Å². The van der Waals surface area contributed by atoms with E-state index in [1.165, 1.54) is 0 Å². The van der Waals surface area contributed by atoms with E-state index in [9.17, 15) is 0 Å². The topological polar surface area (TPSA) is 68.2 Å². The molecule has 1 aromatic rings. The maximum atomic E-state index is 5.80. The standard InChI is InChI=1S/C12H23N5.HI/c1-10(9-17-7-5-6-15-17)8-14-11(13)16-12(2,3)4;/h5-7,10H,8-9H2,1-4H3,(H3,13,14,16);1H. The molecule has 0 aliphatic heterocycles. The minimum absolute atomic E-state index is 0. The van der Waals surface area contributed by atoms with Crippen molar-refractivity contribution in [3.05, 3.63) is 18.5 Å². The summed E-state index contributed by atoms with van der Waals surface area (Å²) < 4.78 is 1.91. The lowest BCUT2D eigenvalue weighted by molar-refractivity contribution is 0.456. The Kier molecular flexibility index (Phi) is 7.27. The Bertz CT molecular complexity index is 353. The Morgan fingerprint density at radius 3 is 2.67 bits per heavy atom. The van der Waals surface area contributed by atoms with Crippen LogP contribution in [0.5, 0.6) is 0 Å². The molecule has 0 fully saturated rings. The minimum atomic E-state index is -0.0429. The van der Waals surface area contributed by atoms with E-state index in [4.69, 9.17) is 5.73 Å². The molecular weight excluding hydrogens is 341 g/mol. The van der Waals surface area contributed by atoms with Gasteiger partial charge >= 0.3 is 0 Å². The first kappa shape index (κ1) is 17.2. The number of hydrogen-bond acceptors (Lipinski definition) is 2. The zero-order valence-electron chi connectivity index (χ0n) is 11.6. The van der Waals surface area contributed by atoms with Gasteiger partial charge in [0, 0.05) is 31.0 Å². The highest BCUT2D eigenvalue weighted by atomic mass is 127. The molecule has 0 aromatic carbocycles. The molecule has 6 heteroatoms. The molecule has 0 spiro atoms. The Hall–Kier alpha value is -0.790. The van der Waals surface area contributed by atoms with Crippen molar-refractivity contribution in [1.29, 1.82) is 0 Å². The maximum absolute atomic E-state index is 5.80. The third-order valence-electron chi connectivity index (χ3n) is 2.13. The summed E-state index contributed by atoms with van der Waals surface area (Å²) in [6.07, 6.45) is 3.74. The van der Waals surface area contributed by atoms with E-state index in [1.807, 2.05) is 16.9 Å². The minimum Gasteiger partial charge on any atom is -0.370 e. The number of aliphatic imine (C=N–C) groups is 1. The van der Waals surface area contributed by atoms with Gasteiger partial charge in [-0.15, -0.1) is 24.0 Å². The van der Waals surface area contributed by atoms with E-state index >= 15 is 0 Å². The van der Waals surface area contributed by atoms with E-state index in [0.717, 1.165) is 6.54 Å². The van der Waals surface area contributed by atoms with Gasteiger partial charge in [0.2, 0.25) is 0 Å². The van der Waals surface area contributed by atoms with Crippen LogP contribution in [0.1, 0.15) is 27.7 Å². The molecule has 0 aliphatic carbocycles. The first-order valence-corrected chi connectivity index (χ1v) is 5.92. The molecule has 1 rings (SSSR count). The smallest absolute Gasteiger partial charge is 0.188 e. The quantitative estimate of drug-likeness (QED) is 0.486. The van der Waals surface area contributed by atoms with Crippen LogP contribution in [0.25, 0.3) is 0 Å². The molecule has 0 saturated carbocycles. The van der Waals surface area contributed by atoms with Crippen molar-refractivity contribution in [1.82, 2.24) is 15.1 Å². The van der Waals surface area contributed by atoms with Crippen molar-refractivity contribution in [2.75, 3.05) is 6.54 Å². The monoisotopic (exact) mass is 365 g/mol. The first-order valence-electron chi connectivity index (χ1n) is 5.92. The van der Waals surface area contributed by atoms with Gasteiger partial charge in [0.05, 0.1) is 0 Å². The van der Waals surface area contributed by atoms with Gasteiger partial charge in [-0.2, -0.15) is 5.10 Å². The number of hydrogen-bond donors (Lipinski definition) is 2. The molecule has 1 unspecified atom stereocenters. The predicted octanol–water partition coefficient (Wildman–Crippen LogP) is 1.84. The van der Waals surface area contributed by atoms with E-state index in [-0.39, 0.29) is 29.5 Å². The van der Waals surface area contributed by atoms with Gasteiger partial charge in [0.15, 0.2) is 5.96 Å². The van der Waals surface area contributed by atoms with Crippen molar-refractivity contribution in [2.45, 2.75) is 39.8 Å². The van der Waals surface area contributed by atoms with Crippen molar-refractivity contribution < 1.29 is 0 Å². The zero-order chi connectivity index (χ0) is 12.9. The molecule has 5 nitrogen and oxygen atoms in total. The number of halogens is 1. The van der Waals surface area contributed by atoms with Crippen LogP contribution in [0.3, 0.4) is 0 Å². The molecule has 0 radical (unpaired) electrons. The van der Waals surface area contributed by atoms with Crippen molar-refractivity contribution in [2.24, 2.45) is 16.6 Å². The van der Waals surface area contributed by atoms with Crippen LogP contribution in [0.15, 0.2) is 23.5 Å². The second-order valence-corrected chi connectivity index (χ2v) is 5.43. The number of nitrogens with one attached hydrogen (secondary N) is 1. The van der Waals surface area contributed by atoms with Gasteiger partial charge in [0.1, 0.15) is 0 Å². The Morgan fingerprint density at radius 1 is 1.50 bits per heavy atom. The molecule has 0 aliphatic rings. The largest absolute Gasteiger partial charge is 0.370 e. The lowest BCUT2D eigenvalue weighted by Crippen LogP contribution is -2.45. The van der Waals surface area contributed by atoms with Crippen molar-refractivity contribution >= 4 is 29.9 Å². The highest BCUT2D eigenvalue weighted by Crippen LogP contribution is 2.01. The molecule has 1 heterocycles. The fraction of sp³-hybridized carbons (Fsp3) is 0.667. The molecule has 18 heavy (non-hydrogen) atoms. The third kappa shape index (κ3) is 7.52. The highest BCUT2D eigenvalue weighted by molar-refractivity contribution is 14.0. The average Bonchev–Trinajstić information content (AvgIpc) is 2.64. The lowest BCUT2D eigenvalue weighted by Gasteiger charge is -2.21. The summed E-state index contributed by atoms with van der Waals surface area (Å²) in [6, 6.07) is 1.92. The van der Waals surface area contributed by atoms with Crippen molar-refractivity contribution in [3.63, 3.8) is 0 Å². The van der Waals surface area contributed by atoms with Crippen molar-refractivity contribution in [3.8, 4) is 0 Å². The van der Waals surface area contributed by atoms with Crippen LogP contribution >= 0.6 is 24.0 Å². The molecular formula is C12H24IN5. The first-order chi connectivity index (χ1) is 7.87. The Morgan fingerprint density at radius 2 is 2.17 bits per heavy atom. The second kappa shape index (κ2) is 7.60. The Labute approximate surface area is 126 Å². The Balaban J connectivity index is 0.00000289. The van der Waals surface area contributed by atoms with Gasteiger partial charge in [-0.25, -0.2) is 0 Å². The summed E-state index contributed by atoms with van der Waals surface area (Å²) >= 11 is 0. The second-order valence-electron chi connectivity index (χ2n) is 5.43. The molecule has 1 atom stereocenters. The van der Waals surface area contributed by atoms with Gasteiger partial charge in [-0.05, 0) is 32.8 Å². The average molecular weight is 365 g/mol. The van der Waals surface area contributed by atoms with E-state index in [2.05, 4.69) is 43.1 Å². The zero-order valence-corrected chi connectivity index (χ0v) is 13.9. The number of nitrogens with two attached hydrogens (primary N) is 1. The normalized spacial score (nSPS) is 13.9. The summed E-state index contributed by atoms with van der Waals surface area (Å²) in [5.41, 5.74) is 5.76. The SMILES string of the molecule is CC(CN=C(N)NC(C)(C)C)Cn1cccn1.I. The maximum Gasteiger partial charge on any atom is 0.188 e. The van der Waals surface area contributed by atoms with Crippen LogP contribution < -0.4 is 11.1 Å². The highest BCUT2D eigenvalue weighted by Gasteiger charge is 2.10. The lowest BCUT2D eigenvalue weighted by atomic mass is 10.1.